The van der Waals surface area contributed by atoms with Gasteiger partial charge in [-0.1, -0.05) is 103 Å². The van der Waals surface area contributed by atoms with Crippen LogP contribution in [0.25, 0.3) is 11.1 Å². The number of aliphatic hydroxyl groups excluding tert-OH is 1. The molecule has 3 amide bonds. The van der Waals surface area contributed by atoms with Crippen LogP contribution < -0.4 is 22.1 Å². The van der Waals surface area contributed by atoms with E-state index in [0.717, 1.165) is 43.2 Å². The van der Waals surface area contributed by atoms with Gasteiger partial charge in [0.15, 0.2) is 17.3 Å². The highest BCUT2D eigenvalue weighted by Crippen LogP contribution is 2.66. The third-order valence-corrected chi connectivity index (χ3v) is 15.8. The zero-order chi connectivity index (χ0) is 51.5. The molecule has 4 fully saturated rings. The van der Waals surface area contributed by atoms with Gasteiger partial charge in [-0.05, 0) is 111 Å². The normalized spacial score (nSPS) is 22.7. The number of aliphatic hydroxyl groups is 1. The number of nitrogens with one attached hydrogen (secondary N) is 2. The number of aryl methyl sites for hydroxylation is 1. The summed E-state index contributed by atoms with van der Waals surface area (Å²) in [6.45, 7) is 15.9. The summed E-state index contributed by atoms with van der Waals surface area (Å²) in [6.07, 6.45) is 4.86. The molecule has 0 spiro atoms. The SMILES string of the molecule is CCCCc1ccc(-c2ccc(C(=O)CCCC(=O)C[C@@H](CCCCN)C(=O)N[C@H](C(=O)C[C@H](C(=O)N[C@@H](CC(N)=O)C(=O)C[C@@H](C)B3OC4C[C@@H]5C[C@@H](C5(C)C)[C@]4(C)O3)C(C)C)[C@@H](C)O)cc2)cc1. The Labute approximate surface area is 416 Å². The zero-order valence-corrected chi connectivity index (χ0v) is 43.1. The Bertz CT molecular complexity index is 2140. The average molecular weight is 969 g/mol. The molecule has 70 heavy (non-hydrogen) atoms. The van der Waals surface area contributed by atoms with Gasteiger partial charge in [0.25, 0.3) is 0 Å². The Hall–Kier alpha value is -4.57. The maximum absolute atomic E-state index is 14.0. The van der Waals surface area contributed by atoms with Gasteiger partial charge in [0.1, 0.15) is 11.8 Å². The molecule has 0 radical (unpaired) electrons. The Morgan fingerprint density at radius 2 is 1.44 bits per heavy atom. The molecule has 3 aliphatic carbocycles. The van der Waals surface area contributed by atoms with Gasteiger partial charge in [-0.15, -0.1) is 0 Å². The summed E-state index contributed by atoms with van der Waals surface area (Å²) in [5.74, 6) is -5.12. The van der Waals surface area contributed by atoms with Gasteiger partial charge in [0, 0.05) is 49.5 Å². The van der Waals surface area contributed by atoms with Crippen LogP contribution in [0.15, 0.2) is 48.5 Å². The fraction of sp³-hybridized carbons (Fsp3) is 0.655. The lowest BCUT2D eigenvalue weighted by molar-refractivity contribution is -0.199. The second kappa shape index (κ2) is 25.2. The minimum atomic E-state index is -1.40. The van der Waals surface area contributed by atoms with E-state index in [-0.39, 0.29) is 48.8 Å². The Balaban J connectivity index is 1.14. The lowest BCUT2D eigenvalue weighted by Gasteiger charge is -2.64. The highest BCUT2D eigenvalue weighted by molar-refractivity contribution is 6.47. The number of nitrogens with two attached hydrogens (primary N) is 2. The fourth-order valence-corrected chi connectivity index (χ4v) is 11.1. The summed E-state index contributed by atoms with van der Waals surface area (Å²) in [6, 6.07) is 13.3. The van der Waals surface area contributed by atoms with Crippen LogP contribution in [0, 0.1) is 35.0 Å². The summed E-state index contributed by atoms with van der Waals surface area (Å²) < 4.78 is 13.0. The van der Waals surface area contributed by atoms with Crippen molar-refractivity contribution in [2.45, 2.75) is 187 Å². The predicted molar refractivity (Wildman–Crippen MR) is 271 cm³/mol. The number of hydrogen-bond acceptors (Lipinski definition) is 11. The summed E-state index contributed by atoms with van der Waals surface area (Å²) in [7, 11) is -0.638. The van der Waals surface area contributed by atoms with Crippen molar-refractivity contribution >= 4 is 48.0 Å². The largest absolute Gasteiger partial charge is 0.461 e. The van der Waals surface area contributed by atoms with Gasteiger partial charge < -0.3 is 36.5 Å². The van der Waals surface area contributed by atoms with Crippen LogP contribution in [-0.4, -0.2) is 89.5 Å². The Morgan fingerprint density at radius 1 is 0.786 bits per heavy atom. The first-order valence-corrected chi connectivity index (χ1v) is 26.0. The number of rotatable bonds is 30. The van der Waals surface area contributed by atoms with E-state index >= 15 is 0 Å². The molecule has 3 saturated carbocycles. The van der Waals surface area contributed by atoms with E-state index in [1.165, 1.54) is 12.5 Å². The van der Waals surface area contributed by atoms with Gasteiger partial charge in [-0.2, -0.15) is 0 Å². The van der Waals surface area contributed by atoms with E-state index in [0.29, 0.717) is 49.6 Å². The predicted octanol–water partition coefficient (Wildman–Crippen LogP) is 7.29. The third kappa shape index (κ3) is 14.3. The van der Waals surface area contributed by atoms with Crippen molar-refractivity contribution in [3.8, 4) is 11.1 Å². The molecule has 1 heterocycles. The van der Waals surface area contributed by atoms with Crippen molar-refractivity contribution in [1.29, 1.82) is 0 Å². The Kier molecular flexibility index (Phi) is 20.3. The van der Waals surface area contributed by atoms with Crippen LogP contribution in [0.5, 0.6) is 0 Å². The number of hydrogen-bond donors (Lipinski definition) is 5. The number of carbonyl (C=O) groups excluding carboxylic acids is 7. The standard InChI is InChI=1S/C55H81BN4O10/c1-9-10-14-36-18-20-37(21-19-36)38-22-24-39(25-23-38)45(63)17-13-16-42(62)28-40(15-11-12-26-57)52(67)60-51(35(5)61)47(65)31-43(33(2)3)53(68)59-44(32-50(58)66)46(64)27-34(4)56-69-49-30-41-29-48(54(41,6)7)55(49,8)70-56/h18-25,33-35,40-41,43-44,48-49,51,61H,9-17,26-32,57H2,1-8H3,(H2,58,66)(H,59,68)(H,60,67)/t34-,35-,40-,41+,43+,44+,48+,49?,51+,55+/m1/s1. The van der Waals surface area contributed by atoms with Gasteiger partial charge in [0.05, 0.1) is 30.3 Å². The van der Waals surface area contributed by atoms with Crippen molar-refractivity contribution in [2.75, 3.05) is 6.54 Å². The second-order valence-electron chi connectivity index (χ2n) is 21.8. The minimum absolute atomic E-state index is 0.0540. The number of ketones is 4. The molecule has 14 nitrogen and oxygen atoms in total. The number of primary amides is 1. The molecule has 15 heteroatoms. The molecule has 0 aromatic heterocycles. The number of benzene rings is 2. The molecule has 384 valence electrons. The number of unbranched alkanes of at least 4 members (excludes halogenated alkanes) is 2. The highest BCUT2D eigenvalue weighted by atomic mass is 16.7. The molecule has 2 aromatic rings. The lowest BCUT2D eigenvalue weighted by atomic mass is 9.43. The molecule has 2 bridgehead atoms. The average Bonchev–Trinajstić information content (AvgIpc) is 3.68. The molecule has 1 saturated heterocycles. The van der Waals surface area contributed by atoms with Gasteiger partial charge in [-0.25, -0.2) is 0 Å². The van der Waals surface area contributed by atoms with E-state index in [2.05, 4.69) is 62.6 Å². The first kappa shape index (κ1) is 56.4. The number of carbonyl (C=O) groups is 7. The summed E-state index contributed by atoms with van der Waals surface area (Å²) >= 11 is 0. The lowest BCUT2D eigenvalue weighted by Crippen LogP contribution is -2.65. The fourth-order valence-electron chi connectivity index (χ4n) is 11.1. The summed E-state index contributed by atoms with van der Waals surface area (Å²) in [5.41, 5.74) is 14.9. The van der Waals surface area contributed by atoms with Crippen LogP contribution >= 0.6 is 0 Å². The van der Waals surface area contributed by atoms with Crippen molar-refractivity contribution in [3.05, 3.63) is 59.7 Å². The first-order chi connectivity index (χ1) is 33.1. The molecule has 2 aromatic carbocycles. The number of Topliss-reactive ketones (excluding diaryl/α,β-unsaturated/α-hetero) is 4. The topological polar surface area (TPSA) is 234 Å². The van der Waals surface area contributed by atoms with Crippen LogP contribution in [0.3, 0.4) is 0 Å². The molecule has 6 rings (SSSR count). The van der Waals surface area contributed by atoms with Crippen molar-refractivity contribution in [1.82, 2.24) is 10.6 Å². The molecule has 1 aliphatic heterocycles. The van der Waals surface area contributed by atoms with Crippen molar-refractivity contribution < 1.29 is 48.0 Å². The van der Waals surface area contributed by atoms with Crippen LogP contribution in [0.1, 0.15) is 161 Å². The van der Waals surface area contributed by atoms with Crippen LogP contribution in [-0.2, 0) is 44.5 Å². The van der Waals surface area contributed by atoms with E-state index < -0.39 is 96.6 Å². The quantitative estimate of drug-likeness (QED) is 0.0296. The molecule has 10 atom stereocenters. The highest BCUT2D eigenvalue weighted by Gasteiger charge is 2.68. The van der Waals surface area contributed by atoms with Gasteiger partial charge in [0.2, 0.25) is 17.7 Å². The molecular formula is C55H81BN4O10. The van der Waals surface area contributed by atoms with Crippen LogP contribution in [0.4, 0.5) is 0 Å². The van der Waals surface area contributed by atoms with Crippen molar-refractivity contribution in [3.63, 3.8) is 0 Å². The second-order valence-corrected chi connectivity index (χ2v) is 21.8. The minimum Gasteiger partial charge on any atom is -0.405 e. The molecule has 4 aliphatic rings. The van der Waals surface area contributed by atoms with Gasteiger partial charge >= 0.3 is 7.12 Å². The Morgan fingerprint density at radius 3 is 2.03 bits per heavy atom. The smallest absolute Gasteiger partial charge is 0.405 e. The van der Waals surface area contributed by atoms with Gasteiger partial charge in [-0.3, -0.25) is 33.6 Å². The van der Waals surface area contributed by atoms with E-state index in [4.69, 9.17) is 20.8 Å². The maximum Gasteiger partial charge on any atom is 0.461 e. The van der Waals surface area contributed by atoms with E-state index in [9.17, 15) is 38.7 Å². The monoisotopic (exact) mass is 969 g/mol. The van der Waals surface area contributed by atoms with E-state index in [1.807, 2.05) is 19.1 Å². The summed E-state index contributed by atoms with van der Waals surface area (Å²) in [4.78, 5) is 94.2. The molecule has 1 unspecified atom stereocenters. The van der Waals surface area contributed by atoms with Crippen LogP contribution in [0.2, 0.25) is 5.82 Å². The zero-order valence-electron chi connectivity index (χ0n) is 43.1. The summed E-state index contributed by atoms with van der Waals surface area (Å²) in [5, 5.41) is 16.2. The third-order valence-electron chi connectivity index (χ3n) is 15.8. The van der Waals surface area contributed by atoms with Crippen molar-refractivity contribution in [2.24, 2.45) is 46.5 Å². The number of amides is 3. The maximum atomic E-state index is 14.0. The molecular weight excluding hydrogens is 887 g/mol. The first-order valence-electron chi connectivity index (χ1n) is 26.0. The van der Waals surface area contributed by atoms with E-state index in [1.54, 1.807) is 26.0 Å². The molecule has 7 N–H and O–H groups in total.